The van der Waals surface area contributed by atoms with Crippen molar-refractivity contribution in [3.63, 3.8) is 0 Å². The SMILES string of the molecule is N=C(N)c1cc(OC2CCC2)ccn1. The van der Waals surface area contributed by atoms with Crippen LogP contribution in [-0.2, 0) is 0 Å². The summed E-state index contributed by atoms with van der Waals surface area (Å²) in [5.74, 6) is 0.735. The molecule has 3 N–H and O–H groups in total. The second kappa shape index (κ2) is 3.65. The third-order valence-electron chi connectivity index (χ3n) is 2.36. The number of nitrogens with one attached hydrogen (secondary N) is 1. The third-order valence-corrected chi connectivity index (χ3v) is 2.36. The molecule has 2 rings (SSSR count). The summed E-state index contributed by atoms with van der Waals surface area (Å²) >= 11 is 0. The fourth-order valence-corrected chi connectivity index (χ4v) is 1.31. The Bertz CT molecular complexity index is 347. The molecule has 14 heavy (non-hydrogen) atoms. The molecule has 1 heterocycles. The standard InChI is InChI=1S/C10H13N3O/c11-10(12)9-6-8(4-5-13-9)14-7-2-1-3-7/h4-7H,1-3H2,(H3,11,12). The van der Waals surface area contributed by atoms with Gasteiger partial charge in [-0.05, 0) is 25.3 Å². The van der Waals surface area contributed by atoms with E-state index < -0.39 is 0 Å². The average molecular weight is 191 g/mol. The summed E-state index contributed by atoms with van der Waals surface area (Å²) < 4.78 is 5.65. The number of amidine groups is 1. The van der Waals surface area contributed by atoms with Gasteiger partial charge in [-0.3, -0.25) is 10.4 Å². The fraction of sp³-hybridized carbons (Fsp3) is 0.400. The van der Waals surface area contributed by atoms with Gasteiger partial charge in [-0.1, -0.05) is 0 Å². The molecule has 4 heteroatoms. The van der Waals surface area contributed by atoms with Crippen LogP contribution in [0.2, 0.25) is 0 Å². The van der Waals surface area contributed by atoms with E-state index in [2.05, 4.69) is 4.98 Å². The molecule has 0 radical (unpaired) electrons. The Balaban J connectivity index is 2.09. The normalized spacial score (nSPS) is 16.0. The fourth-order valence-electron chi connectivity index (χ4n) is 1.31. The van der Waals surface area contributed by atoms with E-state index in [0.717, 1.165) is 18.6 Å². The van der Waals surface area contributed by atoms with E-state index in [4.69, 9.17) is 15.9 Å². The molecule has 0 spiro atoms. The van der Waals surface area contributed by atoms with E-state index >= 15 is 0 Å². The molecule has 0 saturated heterocycles. The first-order chi connectivity index (χ1) is 6.75. The number of nitrogens with two attached hydrogens (primary N) is 1. The predicted octanol–water partition coefficient (Wildman–Crippen LogP) is 1.30. The van der Waals surface area contributed by atoms with E-state index in [1.807, 2.05) is 0 Å². The molecule has 0 amide bonds. The van der Waals surface area contributed by atoms with Gasteiger partial charge in [-0.15, -0.1) is 0 Å². The van der Waals surface area contributed by atoms with Gasteiger partial charge in [0.15, 0.2) is 0 Å². The largest absolute Gasteiger partial charge is 0.490 e. The number of nitrogens with zero attached hydrogens (tertiary/aromatic N) is 1. The van der Waals surface area contributed by atoms with Crippen molar-refractivity contribution < 1.29 is 4.74 Å². The summed E-state index contributed by atoms with van der Waals surface area (Å²) in [6.45, 7) is 0. The lowest BCUT2D eigenvalue weighted by Crippen LogP contribution is -2.24. The van der Waals surface area contributed by atoms with Crippen LogP contribution in [0.5, 0.6) is 5.75 Å². The Morgan fingerprint density at radius 2 is 2.36 bits per heavy atom. The molecule has 1 aliphatic rings. The van der Waals surface area contributed by atoms with E-state index in [1.54, 1.807) is 18.3 Å². The van der Waals surface area contributed by atoms with Crippen molar-refractivity contribution >= 4 is 5.84 Å². The minimum atomic E-state index is -0.0240. The van der Waals surface area contributed by atoms with Crippen molar-refractivity contribution in [1.82, 2.24) is 4.98 Å². The van der Waals surface area contributed by atoms with Crippen LogP contribution >= 0.6 is 0 Å². The minimum Gasteiger partial charge on any atom is -0.490 e. The molecule has 1 fully saturated rings. The molecule has 1 aliphatic carbocycles. The van der Waals surface area contributed by atoms with Crippen LogP contribution in [-0.4, -0.2) is 16.9 Å². The number of rotatable bonds is 3. The van der Waals surface area contributed by atoms with Gasteiger partial charge in [0.2, 0.25) is 0 Å². The minimum absolute atomic E-state index is 0.0240. The lowest BCUT2D eigenvalue weighted by Gasteiger charge is -2.26. The zero-order valence-electron chi connectivity index (χ0n) is 7.86. The van der Waals surface area contributed by atoms with Crippen LogP contribution in [0.3, 0.4) is 0 Å². The van der Waals surface area contributed by atoms with E-state index in [1.165, 1.54) is 6.42 Å². The zero-order chi connectivity index (χ0) is 9.97. The Labute approximate surface area is 82.6 Å². The van der Waals surface area contributed by atoms with Gasteiger partial charge in [0.1, 0.15) is 17.3 Å². The summed E-state index contributed by atoms with van der Waals surface area (Å²) in [5.41, 5.74) is 5.80. The van der Waals surface area contributed by atoms with Crippen molar-refractivity contribution in [3.05, 3.63) is 24.0 Å². The van der Waals surface area contributed by atoms with Crippen molar-refractivity contribution in [2.75, 3.05) is 0 Å². The van der Waals surface area contributed by atoms with Gasteiger partial charge in [-0.25, -0.2) is 0 Å². The van der Waals surface area contributed by atoms with Crippen molar-refractivity contribution in [3.8, 4) is 5.75 Å². The number of aromatic nitrogens is 1. The van der Waals surface area contributed by atoms with Gasteiger partial charge >= 0.3 is 0 Å². The lowest BCUT2D eigenvalue weighted by atomic mass is 9.96. The molecular formula is C10H13N3O. The summed E-state index contributed by atoms with van der Waals surface area (Å²) in [7, 11) is 0. The Morgan fingerprint density at radius 1 is 1.57 bits per heavy atom. The van der Waals surface area contributed by atoms with Crippen molar-refractivity contribution in [1.29, 1.82) is 5.41 Å². The Hall–Kier alpha value is -1.58. The highest BCUT2D eigenvalue weighted by molar-refractivity contribution is 5.93. The smallest absolute Gasteiger partial charge is 0.141 e. The van der Waals surface area contributed by atoms with Gasteiger partial charge in [0.25, 0.3) is 0 Å². The maximum absolute atomic E-state index is 7.23. The predicted molar refractivity (Wildman–Crippen MR) is 53.5 cm³/mol. The topological polar surface area (TPSA) is 72.0 Å². The zero-order valence-corrected chi connectivity index (χ0v) is 7.86. The first-order valence-electron chi connectivity index (χ1n) is 4.73. The molecule has 1 saturated carbocycles. The highest BCUT2D eigenvalue weighted by Crippen LogP contribution is 2.24. The maximum Gasteiger partial charge on any atom is 0.141 e. The maximum atomic E-state index is 7.23. The third kappa shape index (κ3) is 1.84. The average Bonchev–Trinajstić information content (AvgIpc) is 2.12. The van der Waals surface area contributed by atoms with Crippen LogP contribution in [0.1, 0.15) is 25.0 Å². The van der Waals surface area contributed by atoms with E-state index in [0.29, 0.717) is 11.8 Å². The molecule has 1 aromatic heterocycles. The van der Waals surface area contributed by atoms with Crippen LogP contribution in [0, 0.1) is 5.41 Å². The molecular weight excluding hydrogens is 178 g/mol. The first kappa shape index (κ1) is 8.99. The Morgan fingerprint density at radius 3 is 2.93 bits per heavy atom. The highest BCUT2D eigenvalue weighted by atomic mass is 16.5. The quantitative estimate of drug-likeness (QED) is 0.558. The van der Waals surface area contributed by atoms with Gasteiger partial charge < -0.3 is 10.5 Å². The molecule has 0 aliphatic heterocycles. The van der Waals surface area contributed by atoms with Gasteiger partial charge in [0.05, 0.1) is 6.10 Å². The van der Waals surface area contributed by atoms with E-state index in [-0.39, 0.29) is 5.84 Å². The van der Waals surface area contributed by atoms with Crippen LogP contribution in [0.4, 0.5) is 0 Å². The Kier molecular flexibility index (Phi) is 2.35. The second-order valence-electron chi connectivity index (χ2n) is 3.46. The summed E-state index contributed by atoms with van der Waals surface area (Å²) in [5, 5.41) is 7.23. The van der Waals surface area contributed by atoms with Crippen LogP contribution in [0.15, 0.2) is 18.3 Å². The van der Waals surface area contributed by atoms with Crippen molar-refractivity contribution in [2.45, 2.75) is 25.4 Å². The van der Waals surface area contributed by atoms with E-state index in [9.17, 15) is 0 Å². The van der Waals surface area contributed by atoms with Gasteiger partial charge in [-0.2, -0.15) is 0 Å². The van der Waals surface area contributed by atoms with Crippen LogP contribution in [0.25, 0.3) is 0 Å². The molecule has 74 valence electrons. The van der Waals surface area contributed by atoms with Crippen LogP contribution < -0.4 is 10.5 Å². The lowest BCUT2D eigenvalue weighted by molar-refractivity contribution is 0.120. The number of nitrogen functional groups attached to an aromatic ring is 1. The molecule has 0 unspecified atom stereocenters. The monoisotopic (exact) mass is 191 g/mol. The summed E-state index contributed by atoms with van der Waals surface area (Å²) in [6.07, 6.45) is 5.45. The molecule has 1 aromatic rings. The second-order valence-corrected chi connectivity index (χ2v) is 3.46. The highest BCUT2D eigenvalue weighted by Gasteiger charge is 2.19. The first-order valence-corrected chi connectivity index (χ1v) is 4.73. The molecule has 4 nitrogen and oxygen atoms in total. The molecule has 0 bridgehead atoms. The molecule has 0 aromatic carbocycles. The van der Waals surface area contributed by atoms with Gasteiger partial charge in [0, 0.05) is 12.3 Å². The number of pyridine rings is 1. The molecule has 0 atom stereocenters. The number of hydrogen-bond acceptors (Lipinski definition) is 3. The summed E-state index contributed by atoms with van der Waals surface area (Å²) in [4.78, 5) is 3.96. The van der Waals surface area contributed by atoms with Crippen molar-refractivity contribution in [2.24, 2.45) is 5.73 Å². The number of ether oxygens (including phenoxy) is 1. The number of hydrogen-bond donors (Lipinski definition) is 2. The summed E-state index contributed by atoms with van der Waals surface area (Å²) in [6, 6.07) is 3.51.